The lowest BCUT2D eigenvalue weighted by Crippen LogP contribution is -2.32. The van der Waals surface area contributed by atoms with E-state index in [0.717, 1.165) is 36.8 Å². The minimum Gasteiger partial charge on any atom is -0.444 e. The fourth-order valence-corrected chi connectivity index (χ4v) is 3.30. The molecule has 4 heteroatoms. The molecule has 0 heterocycles. The molecule has 0 aromatic heterocycles. The van der Waals surface area contributed by atoms with E-state index in [0.29, 0.717) is 0 Å². The molecule has 3 aromatic rings. The number of hydrogen-bond acceptors (Lipinski definition) is 3. The molecular formula is C26H27NO3. The van der Waals surface area contributed by atoms with Crippen molar-refractivity contribution in [3.63, 3.8) is 0 Å². The second-order valence-electron chi connectivity index (χ2n) is 7.30. The number of hydrogen-bond donors (Lipinski definition) is 1. The van der Waals surface area contributed by atoms with Crippen molar-refractivity contribution in [2.24, 2.45) is 0 Å². The number of carbonyl (C=O) groups is 2. The summed E-state index contributed by atoms with van der Waals surface area (Å²) in [4.78, 5) is 24.0. The topological polar surface area (TPSA) is 55.4 Å². The van der Waals surface area contributed by atoms with Crippen molar-refractivity contribution in [2.45, 2.75) is 38.7 Å². The molecule has 0 aliphatic carbocycles. The van der Waals surface area contributed by atoms with Gasteiger partial charge in [-0.15, -0.1) is 0 Å². The Labute approximate surface area is 177 Å². The number of benzene rings is 3. The molecule has 154 valence electrons. The maximum absolute atomic E-state index is 12.2. The number of amides is 2. The third-order valence-corrected chi connectivity index (χ3v) is 4.83. The first-order chi connectivity index (χ1) is 14.7. The molecule has 2 amide bonds. The average molecular weight is 402 g/mol. The van der Waals surface area contributed by atoms with Gasteiger partial charge in [0.2, 0.25) is 5.91 Å². The van der Waals surface area contributed by atoms with Crippen LogP contribution < -0.4 is 5.32 Å². The maximum atomic E-state index is 12.2. The zero-order chi connectivity index (χ0) is 21.0. The number of carbonyl (C=O) groups excluding carboxylic acids is 2. The molecule has 0 unspecified atom stereocenters. The van der Waals surface area contributed by atoms with Gasteiger partial charge < -0.3 is 4.74 Å². The number of imide groups is 1. The van der Waals surface area contributed by atoms with Gasteiger partial charge in [-0.1, -0.05) is 84.9 Å². The van der Waals surface area contributed by atoms with Crippen LogP contribution in [0.25, 0.3) is 0 Å². The smallest absolute Gasteiger partial charge is 0.414 e. The van der Waals surface area contributed by atoms with Crippen molar-refractivity contribution >= 4 is 12.0 Å². The summed E-state index contributed by atoms with van der Waals surface area (Å²) in [7, 11) is 0. The lowest BCUT2D eigenvalue weighted by molar-refractivity contribution is -0.119. The number of nitrogens with one attached hydrogen (secondary N) is 1. The molecule has 0 atom stereocenters. The predicted molar refractivity (Wildman–Crippen MR) is 118 cm³/mol. The molecule has 0 spiro atoms. The second-order valence-corrected chi connectivity index (χ2v) is 7.30. The summed E-state index contributed by atoms with van der Waals surface area (Å²) < 4.78 is 5.09. The van der Waals surface area contributed by atoms with Crippen molar-refractivity contribution in [1.29, 1.82) is 0 Å². The summed E-state index contributed by atoms with van der Waals surface area (Å²) in [5.41, 5.74) is 4.34. The molecule has 3 aromatic carbocycles. The highest BCUT2D eigenvalue weighted by Gasteiger charge is 2.10. The zero-order valence-corrected chi connectivity index (χ0v) is 17.1. The summed E-state index contributed by atoms with van der Waals surface area (Å²) in [6.45, 7) is 0.137. The first kappa shape index (κ1) is 21.3. The zero-order valence-electron chi connectivity index (χ0n) is 17.1. The van der Waals surface area contributed by atoms with E-state index in [2.05, 4.69) is 35.6 Å². The van der Waals surface area contributed by atoms with E-state index < -0.39 is 6.09 Å². The first-order valence-corrected chi connectivity index (χ1v) is 10.3. The van der Waals surface area contributed by atoms with Crippen molar-refractivity contribution in [3.8, 4) is 0 Å². The average Bonchev–Trinajstić information content (AvgIpc) is 2.77. The van der Waals surface area contributed by atoms with Gasteiger partial charge in [-0.3, -0.25) is 10.1 Å². The van der Waals surface area contributed by atoms with Gasteiger partial charge in [0.15, 0.2) is 0 Å². The van der Waals surface area contributed by atoms with Gasteiger partial charge in [0.25, 0.3) is 0 Å². The summed E-state index contributed by atoms with van der Waals surface area (Å²) in [5.74, 6) is -0.366. The quantitative estimate of drug-likeness (QED) is 0.499. The molecular weight excluding hydrogens is 374 g/mol. The fraction of sp³-hybridized carbons (Fsp3) is 0.231. The molecule has 0 saturated heterocycles. The first-order valence-electron chi connectivity index (χ1n) is 10.3. The van der Waals surface area contributed by atoms with E-state index >= 15 is 0 Å². The van der Waals surface area contributed by atoms with Gasteiger partial charge in [-0.25, -0.2) is 4.79 Å². The highest BCUT2D eigenvalue weighted by molar-refractivity contribution is 5.92. The van der Waals surface area contributed by atoms with Crippen LogP contribution in [0, 0.1) is 0 Å². The molecule has 30 heavy (non-hydrogen) atoms. The van der Waals surface area contributed by atoms with Gasteiger partial charge >= 0.3 is 6.09 Å². The fourth-order valence-electron chi connectivity index (χ4n) is 3.30. The van der Waals surface area contributed by atoms with Crippen molar-refractivity contribution < 1.29 is 14.3 Å². The van der Waals surface area contributed by atoms with Gasteiger partial charge in [0.1, 0.15) is 6.61 Å². The van der Waals surface area contributed by atoms with Crippen LogP contribution in [0.2, 0.25) is 0 Å². The highest BCUT2D eigenvalue weighted by atomic mass is 16.5. The SMILES string of the molecule is O=C(Cc1cccc(CCCCc2ccccc2)c1)NC(=O)OCc1ccccc1. The third-order valence-electron chi connectivity index (χ3n) is 4.83. The van der Waals surface area contributed by atoms with Crippen LogP contribution in [0.4, 0.5) is 4.79 Å². The molecule has 0 fully saturated rings. The van der Waals surface area contributed by atoms with E-state index in [4.69, 9.17) is 4.74 Å². The molecule has 0 bridgehead atoms. The van der Waals surface area contributed by atoms with E-state index in [1.165, 1.54) is 11.1 Å². The van der Waals surface area contributed by atoms with Gasteiger partial charge in [-0.05, 0) is 47.9 Å². The number of rotatable bonds is 9. The monoisotopic (exact) mass is 401 g/mol. The summed E-state index contributed by atoms with van der Waals surface area (Å²) in [6.07, 6.45) is 3.70. The van der Waals surface area contributed by atoms with E-state index in [9.17, 15) is 9.59 Å². The van der Waals surface area contributed by atoms with E-state index in [1.54, 1.807) is 0 Å². The normalized spacial score (nSPS) is 10.4. The van der Waals surface area contributed by atoms with Gasteiger partial charge in [-0.2, -0.15) is 0 Å². The number of alkyl carbamates (subject to hydrolysis) is 1. The van der Waals surface area contributed by atoms with E-state index in [1.807, 2.05) is 54.6 Å². The van der Waals surface area contributed by atoms with Crippen LogP contribution in [0.1, 0.15) is 35.1 Å². The number of unbranched alkanes of at least 4 members (excludes halogenated alkanes) is 1. The van der Waals surface area contributed by atoms with Crippen molar-refractivity contribution in [1.82, 2.24) is 5.32 Å². The van der Waals surface area contributed by atoms with Gasteiger partial charge in [0.05, 0.1) is 6.42 Å². The Hall–Kier alpha value is -3.40. The Morgan fingerprint density at radius 2 is 1.23 bits per heavy atom. The highest BCUT2D eigenvalue weighted by Crippen LogP contribution is 2.12. The Bertz CT molecular complexity index is 939. The third kappa shape index (κ3) is 7.55. The van der Waals surface area contributed by atoms with Crippen molar-refractivity contribution in [2.75, 3.05) is 0 Å². The lowest BCUT2D eigenvalue weighted by atomic mass is 10.0. The van der Waals surface area contributed by atoms with Crippen LogP contribution in [0.5, 0.6) is 0 Å². The molecule has 3 rings (SSSR count). The minimum atomic E-state index is -0.721. The molecule has 0 radical (unpaired) electrons. The molecule has 4 nitrogen and oxygen atoms in total. The van der Waals surface area contributed by atoms with Crippen LogP contribution in [-0.4, -0.2) is 12.0 Å². The van der Waals surface area contributed by atoms with Crippen LogP contribution in [-0.2, 0) is 35.4 Å². The Kier molecular flexibility index (Phi) is 8.22. The Morgan fingerprint density at radius 3 is 1.93 bits per heavy atom. The van der Waals surface area contributed by atoms with Crippen molar-refractivity contribution in [3.05, 3.63) is 107 Å². The van der Waals surface area contributed by atoms with Crippen LogP contribution in [0.3, 0.4) is 0 Å². The summed E-state index contributed by atoms with van der Waals surface area (Å²) in [5, 5.41) is 2.29. The van der Waals surface area contributed by atoms with Crippen LogP contribution >= 0.6 is 0 Å². The Morgan fingerprint density at radius 1 is 0.667 bits per heavy atom. The maximum Gasteiger partial charge on any atom is 0.414 e. The predicted octanol–water partition coefficient (Wildman–Crippen LogP) is 5.25. The molecule has 0 saturated carbocycles. The summed E-state index contributed by atoms with van der Waals surface area (Å²) in [6, 6.07) is 27.8. The van der Waals surface area contributed by atoms with Crippen LogP contribution in [0.15, 0.2) is 84.9 Å². The largest absolute Gasteiger partial charge is 0.444 e. The molecule has 0 aliphatic heterocycles. The standard InChI is InChI=1S/C26H27NO3/c28-25(27-26(29)30-20-23-14-5-2-6-15-23)19-24-17-9-16-22(18-24)13-8-7-12-21-10-3-1-4-11-21/h1-6,9-11,14-18H,7-8,12-13,19-20H2,(H,27,28,29). The molecule has 0 aliphatic rings. The van der Waals surface area contributed by atoms with E-state index in [-0.39, 0.29) is 18.9 Å². The summed E-state index contributed by atoms with van der Waals surface area (Å²) >= 11 is 0. The minimum absolute atomic E-state index is 0.137. The second kappa shape index (κ2) is 11.6. The van der Waals surface area contributed by atoms with Gasteiger partial charge in [0, 0.05) is 0 Å². The molecule has 1 N–H and O–H groups in total. The Balaban J connectivity index is 1.39. The number of aryl methyl sites for hydroxylation is 2. The lowest BCUT2D eigenvalue weighted by Gasteiger charge is -2.08. The number of ether oxygens (including phenoxy) is 1.